The number of aryl methyl sites for hydroxylation is 1. The third kappa shape index (κ3) is 5.54. The molecule has 0 saturated heterocycles. The van der Waals surface area contributed by atoms with Crippen molar-refractivity contribution in [2.24, 2.45) is 0 Å². The van der Waals surface area contributed by atoms with Crippen molar-refractivity contribution in [1.82, 2.24) is 0 Å². The van der Waals surface area contributed by atoms with Crippen LogP contribution >= 0.6 is 0 Å². The molecular weight excluding hydrogens is 376 g/mol. The number of hydrogen-bond donors (Lipinski definition) is 0. The van der Waals surface area contributed by atoms with Gasteiger partial charge in [-0.05, 0) is 43.0 Å². The molecule has 0 aromatic heterocycles. The van der Waals surface area contributed by atoms with Crippen LogP contribution in [0.15, 0.2) is 48.5 Å². The standard InChI is InChI=1S/C21H22N2O6/c24-20(15-29-21(25)9-5-13-28-18-7-2-1-3-8-18)22-12-4-6-16-14-17(23(26)27)10-11-19(16)22/h1-3,7-8,10-11,14H,4-6,9,12-13,15H2. The topological polar surface area (TPSA) is 99.0 Å². The Morgan fingerprint density at radius 1 is 1.14 bits per heavy atom. The van der Waals surface area contributed by atoms with Crippen LogP contribution in [0.2, 0.25) is 0 Å². The highest BCUT2D eigenvalue weighted by Gasteiger charge is 2.25. The van der Waals surface area contributed by atoms with E-state index >= 15 is 0 Å². The van der Waals surface area contributed by atoms with Gasteiger partial charge < -0.3 is 14.4 Å². The number of nitro benzene ring substituents is 1. The molecule has 0 radical (unpaired) electrons. The lowest BCUT2D eigenvalue weighted by Gasteiger charge is -2.29. The molecule has 3 rings (SSSR count). The first-order chi connectivity index (χ1) is 14.0. The molecule has 0 saturated carbocycles. The highest BCUT2D eigenvalue weighted by Crippen LogP contribution is 2.30. The summed E-state index contributed by atoms with van der Waals surface area (Å²) >= 11 is 0. The summed E-state index contributed by atoms with van der Waals surface area (Å²) in [5.41, 5.74) is 1.39. The van der Waals surface area contributed by atoms with Crippen LogP contribution in [0.4, 0.5) is 11.4 Å². The van der Waals surface area contributed by atoms with E-state index in [1.54, 1.807) is 6.07 Å². The van der Waals surface area contributed by atoms with Crippen LogP contribution in [0.3, 0.4) is 0 Å². The first-order valence-corrected chi connectivity index (χ1v) is 9.46. The molecule has 8 nitrogen and oxygen atoms in total. The third-order valence-corrected chi connectivity index (χ3v) is 4.59. The van der Waals surface area contributed by atoms with Crippen LogP contribution in [-0.4, -0.2) is 36.6 Å². The maximum Gasteiger partial charge on any atom is 0.306 e. The number of hydrogen-bond acceptors (Lipinski definition) is 6. The maximum atomic E-state index is 12.5. The summed E-state index contributed by atoms with van der Waals surface area (Å²) in [6.07, 6.45) is 2.01. The van der Waals surface area contributed by atoms with Gasteiger partial charge in [-0.2, -0.15) is 0 Å². The fourth-order valence-electron chi connectivity index (χ4n) is 3.17. The molecular formula is C21H22N2O6. The van der Waals surface area contributed by atoms with Gasteiger partial charge in [0.25, 0.3) is 11.6 Å². The number of carbonyl (C=O) groups is 2. The Balaban J connectivity index is 1.45. The first-order valence-electron chi connectivity index (χ1n) is 9.46. The minimum Gasteiger partial charge on any atom is -0.494 e. The quantitative estimate of drug-likeness (QED) is 0.293. The van der Waals surface area contributed by atoms with Gasteiger partial charge in [0.05, 0.1) is 11.5 Å². The first kappa shape index (κ1) is 20.3. The van der Waals surface area contributed by atoms with Crippen molar-refractivity contribution in [3.63, 3.8) is 0 Å². The van der Waals surface area contributed by atoms with Crippen LogP contribution in [0.1, 0.15) is 24.8 Å². The molecule has 0 bridgehead atoms. The van der Waals surface area contributed by atoms with Crippen molar-refractivity contribution >= 4 is 23.3 Å². The smallest absolute Gasteiger partial charge is 0.306 e. The average molecular weight is 398 g/mol. The number of amides is 1. The van der Waals surface area contributed by atoms with Crippen LogP contribution in [-0.2, 0) is 20.7 Å². The molecule has 0 atom stereocenters. The summed E-state index contributed by atoms with van der Waals surface area (Å²) in [6, 6.07) is 13.7. The largest absolute Gasteiger partial charge is 0.494 e. The number of para-hydroxylation sites is 1. The van der Waals surface area contributed by atoms with Gasteiger partial charge in [0.2, 0.25) is 0 Å². The molecule has 29 heavy (non-hydrogen) atoms. The SMILES string of the molecule is O=C(CCCOc1ccccc1)OCC(=O)N1CCCc2cc([N+](=O)[O-])ccc21. The Hall–Kier alpha value is -3.42. The molecule has 2 aromatic carbocycles. The van der Waals surface area contributed by atoms with Gasteiger partial charge >= 0.3 is 5.97 Å². The number of fused-ring (bicyclic) bond motifs is 1. The van der Waals surface area contributed by atoms with Crippen molar-refractivity contribution in [3.8, 4) is 5.75 Å². The van der Waals surface area contributed by atoms with Crippen LogP contribution in [0.25, 0.3) is 0 Å². The summed E-state index contributed by atoms with van der Waals surface area (Å²) < 4.78 is 10.6. The number of anilines is 1. The molecule has 1 amide bonds. The fraction of sp³-hybridized carbons (Fsp3) is 0.333. The second kappa shape index (κ2) is 9.68. The Morgan fingerprint density at radius 2 is 1.93 bits per heavy atom. The molecule has 0 fully saturated rings. The maximum absolute atomic E-state index is 12.5. The Bertz CT molecular complexity index is 884. The third-order valence-electron chi connectivity index (χ3n) is 4.59. The van der Waals surface area contributed by atoms with Gasteiger partial charge in [-0.25, -0.2) is 0 Å². The van der Waals surface area contributed by atoms with E-state index in [1.165, 1.54) is 17.0 Å². The van der Waals surface area contributed by atoms with Crippen LogP contribution in [0, 0.1) is 10.1 Å². The second-order valence-corrected chi connectivity index (χ2v) is 6.64. The molecule has 152 valence electrons. The van der Waals surface area contributed by atoms with Crippen molar-refractivity contribution in [2.45, 2.75) is 25.7 Å². The van der Waals surface area contributed by atoms with E-state index in [2.05, 4.69) is 0 Å². The number of non-ortho nitro benzene ring substituents is 1. The van der Waals surface area contributed by atoms with E-state index in [0.717, 1.165) is 11.3 Å². The number of nitro groups is 1. The molecule has 0 aliphatic carbocycles. The predicted octanol–water partition coefficient (Wildman–Crippen LogP) is 3.28. The Labute approximate surface area is 168 Å². The highest BCUT2D eigenvalue weighted by atomic mass is 16.6. The van der Waals surface area contributed by atoms with E-state index in [-0.39, 0.29) is 24.6 Å². The molecule has 1 aliphatic rings. The summed E-state index contributed by atoms with van der Waals surface area (Å²) in [5, 5.41) is 10.9. The van der Waals surface area contributed by atoms with Gasteiger partial charge in [-0.15, -0.1) is 0 Å². The molecule has 1 aliphatic heterocycles. The molecule has 0 unspecified atom stereocenters. The van der Waals surface area contributed by atoms with E-state index in [9.17, 15) is 19.7 Å². The summed E-state index contributed by atoms with van der Waals surface area (Å²) in [4.78, 5) is 36.4. The van der Waals surface area contributed by atoms with E-state index in [0.29, 0.717) is 38.1 Å². The molecule has 8 heteroatoms. The summed E-state index contributed by atoms with van der Waals surface area (Å²) in [6.45, 7) is 0.520. The average Bonchev–Trinajstić information content (AvgIpc) is 2.75. The number of ether oxygens (including phenoxy) is 2. The van der Waals surface area contributed by atoms with Crippen molar-refractivity contribution in [1.29, 1.82) is 0 Å². The number of rotatable bonds is 8. The number of esters is 1. The lowest BCUT2D eigenvalue weighted by Crippen LogP contribution is -2.38. The van der Waals surface area contributed by atoms with Gasteiger partial charge in [0.15, 0.2) is 6.61 Å². The van der Waals surface area contributed by atoms with Crippen molar-refractivity contribution in [2.75, 3.05) is 24.7 Å². The summed E-state index contributed by atoms with van der Waals surface area (Å²) in [5.74, 6) is -0.0651. The zero-order valence-corrected chi connectivity index (χ0v) is 15.9. The molecule has 1 heterocycles. The highest BCUT2D eigenvalue weighted by molar-refractivity contribution is 5.96. The predicted molar refractivity (Wildman–Crippen MR) is 106 cm³/mol. The van der Waals surface area contributed by atoms with E-state index in [1.807, 2.05) is 30.3 Å². The zero-order valence-electron chi connectivity index (χ0n) is 15.9. The fourth-order valence-corrected chi connectivity index (χ4v) is 3.17. The number of nitrogens with zero attached hydrogens (tertiary/aromatic N) is 2. The van der Waals surface area contributed by atoms with E-state index in [4.69, 9.17) is 9.47 Å². The lowest BCUT2D eigenvalue weighted by molar-refractivity contribution is -0.384. The lowest BCUT2D eigenvalue weighted by atomic mass is 10.0. The van der Waals surface area contributed by atoms with Gasteiger partial charge in [-0.3, -0.25) is 19.7 Å². The Morgan fingerprint density at radius 3 is 2.69 bits per heavy atom. The minimum atomic E-state index is -0.462. The van der Waals surface area contributed by atoms with Crippen molar-refractivity contribution < 1.29 is 24.0 Å². The second-order valence-electron chi connectivity index (χ2n) is 6.64. The number of carbonyl (C=O) groups excluding carboxylic acids is 2. The number of benzene rings is 2. The van der Waals surface area contributed by atoms with Crippen LogP contribution < -0.4 is 9.64 Å². The van der Waals surface area contributed by atoms with Crippen LogP contribution in [0.5, 0.6) is 5.75 Å². The molecule has 0 spiro atoms. The van der Waals surface area contributed by atoms with Crippen molar-refractivity contribution in [3.05, 3.63) is 64.2 Å². The molecule has 0 N–H and O–H groups in total. The van der Waals surface area contributed by atoms with Gasteiger partial charge in [0.1, 0.15) is 5.75 Å². The van der Waals surface area contributed by atoms with E-state index < -0.39 is 10.9 Å². The molecule has 2 aromatic rings. The normalized spacial score (nSPS) is 12.8. The van der Waals surface area contributed by atoms with Gasteiger partial charge in [-0.1, -0.05) is 18.2 Å². The minimum absolute atomic E-state index is 0.00204. The van der Waals surface area contributed by atoms with Gasteiger partial charge in [0, 0.05) is 30.8 Å². The summed E-state index contributed by atoms with van der Waals surface area (Å²) in [7, 11) is 0. The monoisotopic (exact) mass is 398 g/mol. The zero-order chi connectivity index (χ0) is 20.6. The Kier molecular flexibility index (Phi) is 6.78.